The largest absolute Gasteiger partial charge is 0.351 e. The number of nitrogens with one attached hydrogen (secondary N) is 2. The zero-order chi connectivity index (χ0) is 24.1. The van der Waals surface area contributed by atoms with Gasteiger partial charge in [-0.2, -0.15) is 0 Å². The summed E-state index contributed by atoms with van der Waals surface area (Å²) in [4.78, 5) is 39.3. The number of urea groups is 1. The second kappa shape index (κ2) is 8.28. The van der Waals surface area contributed by atoms with Crippen molar-refractivity contribution in [3.05, 3.63) is 64.8 Å². The van der Waals surface area contributed by atoms with Crippen LogP contribution in [0.25, 0.3) is 10.9 Å². The van der Waals surface area contributed by atoms with Gasteiger partial charge < -0.3 is 21.3 Å². The van der Waals surface area contributed by atoms with Crippen molar-refractivity contribution in [3.8, 4) is 0 Å². The molecule has 0 bridgehead atoms. The minimum absolute atomic E-state index is 0.0403. The molecule has 4 N–H and O–H groups in total. The van der Waals surface area contributed by atoms with Gasteiger partial charge in [-0.15, -0.1) is 0 Å². The first-order valence-corrected chi connectivity index (χ1v) is 11.0. The molecule has 0 radical (unpaired) electrons. The number of halogens is 3. The van der Waals surface area contributed by atoms with Gasteiger partial charge in [-0.05, 0) is 43.0 Å². The van der Waals surface area contributed by atoms with Crippen LogP contribution in [0.3, 0.4) is 0 Å². The average molecular weight is 488 g/mol. The van der Waals surface area contributed by atoms with Crippen molar-refractivity contribution in [2.24, 2.45) is 11.7 Å². The highest BCUT2D eigenvalue weighted by molar-refractivity contribution is 6.30. The van der Waals surface area contributed by atoms with Crippen LogP contribution in [-0.2, 0) is 11.3 Å². The van der Waals surface area contributed by atoms with Crippen molar-refractivity contribution in [3.63, 3.8) is 0 Å². The Morgan fingerprint density at radius 3 is 2.71 bits per heavy atom. The molecule has 1 aliphatic heterocycles. The summed E-state index contributed by atoms with van der Waals surface area (Å²) in [7, 11) is 0. The maximum atomic E-state index is 14.1. The molecule has 2 heterocycles. The van der Waals surface area contributed by atoms with Gasteiger partial charge in [0.1, 0.15) is 17.7 Å². The third-order valence-corrected chi connectivity index (χ3v) is 6.66. The van der Waals surface area contributed by atoms with Crippen LogP contribution in [0.4, 0.5) is 24.1 Å². The van der Waals surface area contributed by atoms with E-state index in [0.717, 1.165) is 11.0 Å². The van der Waals surface area contributed by atoms with Gasteiger partial charge in [0.2, 0.25) is 5.91 Å². The summed E-state index contributed by atoms with van der Waals surface area (Å²) in [5.41, 5.74) is 6.17. The van der Waals surface area contributed by atoms with Crippen molar-refractivity contribution in [2.75, 3.05) is 5.32 Å². The van der Waals surface area contributed by atoms with E-state index in [1.807, 2.05) is 0 Å². The van der Waals surface area contributed by atoms with Gasteiger partial charge in [0, 0.05) is 29.7 Å². The van der Waals surface area contributed by atoms with Gasteiger partial charge >= 0.3 is 12.1 Å². The smallest absolute Gasteiger partial charge is 0.323 e. The lowest BCUT2D eigenvalue weighted by molar-refractivity contribution is -0.125. The van der Waals surface area contributed by atoms with Crippen molar-refractivity contribution < 1.29 is 23.2 Å². The van der Waals surface area contributed by atoms with E-state index in [0.29, 0.717) is 17.3 Å². The fraction of sp³-hybridized carbons (Fsp3) is 0.261. The van der Waals surface area contributed by atoms with Crippen LogP contribution in [0.2, 0.25) is 5.02 Å². The SMILES string of the molecule is NC(=O)n1cc(NC(=O)N2[C@@H]3C[C@@H]3C[C@H]2C(=O)NCc2cccc(Cl)c2F)c2cc(F)ccc21. The van der Waals surface area contributed by atoms with Crippen LogP contribution in [-0.4, -0.2) is 39.5 Å². The summed E-state index contributed by atoms with van der Waals surface area (Å²) in [5.74, 6) is -1.35. The van der Waals surface area contributed by atoms with Crippen LogP contribution in [0.1, 0.15) is 18.4 Å². The Morgan fingerprint density at radius 2 is 1.94 bits per heavy atom. The van der Waals surface area contributed by atoms with E-state index >= 15 is 0 Å². The van der Waals surface area contributed by atoms with E-state index in [2.05, 4.69) is 10.6 Å². The first-order chi connectivity index (χ1) is 16.2. The van der Waals surface area contributed by atoms with Crippen LogP contribution >= 0.6 is 11.6 Å². The Balaban J connectivity index is 1.34. The highest BCUT2D eigenvalue weighted by Gasteiger charge is 2.56. The molecule has 1 saturated carbocycles. The van der Waals surface area contributed by atoms with Gasteiger partial charge in [-0.1, -0.05) is 23.7 Å². The minimum atomic E-state index is -0.786. The number of nitrogens with two attached hydrogens (primary N) is 1. The predicted octanol–water partition coefficient (Wildman–Crippen LogP) is 3.81. The molecule has 2 fully saturated rings. The first kappa shape index (κ1) is 22.1. The van der Waals surface area contributed by atoms with E-state index in [4.69, 9.17) is 17.3 Å². The number of carbonyl (C=O) groups is 3. The molecule has 1 aliphatic carbocycles. The minimum Gasteiger partial charge on any atom is -0.351 e. The molecular weight excluding hydrogens is 468 g/mol. The molecular formula is C23H20ClF2N5O3. The highest BCUT2D eigenvalue weighted by Crippen LogP contribution is 2.48. The van der Waals surface area contributed by atoms with E-state index in [1.165, 1.54) is 41.4 Å². The Bertz CT molecular complexity index is 1340. The number of anilines is 1. The number of hydrogen-bond donors (Lipinski definition) is 3. The van der Waals surface area contributed by atoms with Crippen LogP contribution < -0.4 is 16.4 Å². The molecule has 5 rings (SSSR count). The van der Waals surface area contributed by atoms with Gasteiger partial charge in [0.05, 0.1) is 16.2 Å². The molecule has 1 saturated heterocycles. The number of benzene rings is 2. The molecule has 3 aromatic rings. The van der Waals surface area contributed by atoms with Gasteiger partial charge in [-0.25, -0.2) is 18.4 Å². The number of amides is 4. The topological polar surface area (TPSA) is 109 Å². The fourth-order valence-corrected chi connectivity index (χ4v) is 4.83. The van der Waals surface area contributed by atoms with E-state index in [1.54, 1.807) is 6.07 Å². The number of hydrogen-bond acceptors (Lipinski definition) is 3. The highest BCUT2D eigenvalue weighted by atomic mass is 35.5. The number of carbonyl (C=O) groups excluding carboxylic acids is 3. The fourth-order valence-electron chi connectivity index (χ4n) is 4.63. The predicted molar refractivity (Wildman–Crippen MR) is 121 cm³/mol. The lowest BCUT2D eigenvalue weighted by Crippen LogP contribution is -2.49. The summed E-state index contributed by atoms with van der Waals surface area (Å²) in [6.07, 6.45) is 2.58. The number of primary amides is 1. The van der Waals surface area contributed by atoms with Gasteiger partial charge in [-0.3, -0.25) is 9.36 Å². The number of nitrogens with zero attached hydrogens (tertiary/aromatic N) is 2. The molecule has 176 valence electrons. The summed E-state index contributed by atoms with van der Waals surface area (Å²) in [6, 6.07) is 6.12. The summed E-state index contributed by atoms with van der Waals surface area (Å²) < 4.78 is 29.1. The molecule has 0 spiro atoms. The Hall–Kier alpha value is -3.66. The van der Waals surface area contributed by atoms with Crippen LogP contribution in [0.15, 0.2) is 42.6 Å². The zero-order valence-corrected chi connectivity index (χ0v) is 18.5. The first-order valence-electron chi connectivity index (χ1n) is 10.6. The Morgan fingerprint density at radius 1 is 1.15 bits per heavy atom. The second-order valence-electron chi connectivity index (χ2n) is 8.50. The quantitative estimate of drug-likeness (QED) is 0.520. The Labute approximate surface area is 197 Å². The van der Waals surface area contributed by atoms with Crippen molar-refractivity contribution >= 4 is 46.2 Å². The summed E-state index contributed by atoms with van der Waals surface area (Å²) >= 11 is 5.79. The normalized spacial score (nSPS) is 20.8. The second-order valence-corrected chi connectivity index (χ2v) is 8.90. The maximum absolute atomic E-state index is 14.1. The molecule has 1 aromatic heterocycles. The molecule has 8 nitrogen and oxygen atoms in total. The standard InChI is InChI=1S/C23H20ClF2N5O3/c24-15-3-1-2-11(20(15)26)9-28-21(32)19-7-12-6-18(12)31(19)23(34)29-16-10-30(22(27)33)17-5-4-13(25)8-14(16)17/h1-5,8,10,12,18-19H,6-7,9H2,(H2,27,33)(H,28,32)(H,29,34)/t12-,18-,19+/m1/s1. The van der Waals surface area contributed by atoms with Gasteiger partial charge in [0.15, 0.2) is 0 Å². The number of likely N-dealkylation sites (tertiary alicyclic amines) is 1. The third kappa shape index (κ3) is 3.83. The number of fused-ring (bicyclic) bond motifs is 2. The molecule has 11 heteroatoms. The third-order valence-electron chi connectivity index (χ3n) is 6.37. The van der Waals surface area contributed by atoms with Crippen molar-refractivity contribution in [1.82, 2.24) is 14.8 Å². The van der Waals surface area contributed by atoms with E-state index in [-0.39, 0.29) is 34.8 Å². The molecule has 2 aromatic carbocycles. The van der Waals surface area contributed by atoms with Crippen LogP contribution in [0, 0.1) is 17.6 Å². The monoisotopic (exact) mass is 487 g/mol. The average Bonchev–Trinajstić information content (AvgIpc) is 3.31. The Kier molecular flexibility index (Phi) is 5.40. The zero-order valence-electron chi connectivity index (χ0n) is 17.7. The maximum Gasteiger partial charge on any atom is 0.323 e. The van der Waals surface area contributed by atoms with E-state index in [9.17, 15) is 23.2 Å². The molecule has 2 aliphatic rings. The summed E-state index contributed by atoms with van der Waals surface area (Å²) in [5, 5.41) is 5.64. The molecule has 3 atom stereocenters. The van der Waals surface area contributed by atoms with E-state index < -0.39 is 35.6 Å². The van der Waals surface area contributed by atoms with Gasteiger partial charge in [0.25, 0.3) is 0 Å². The molecule has 4 amide bonds. The van der Waals surface area contributed by atoms with Crippen molar-refractivity contribution in [1.29, 1.82) is 0 Å². The lowest BCUT2D eigenvalue weighted by Gasteiger charge is -2.27. The molecule has 0 unspecified atom stereocenters. The number of rotatable bonds is 4. The number of aromatic nitrogens is 1. The lowest BCUT2D eigenvalue weighted by atomic mass is 10.1. The van der Waals surface area contributed by atoms with Crippen LogP contribution in [0.5, 0.6) is 0 Å². The number of piperidine rings is 1. The summed E-state index contributed by atoms with van der Waals surface area (Å²) in [6.45, 7) is -0.0715. The molecule has 34 heavy (non-hydrogen) atoms. The van der Waals surface area contributed by atoms with Crippen molar-refractivity contribution in [2.45, 2.75) is 31.5 Å².